The van der Waals surface area contributed by atoms with E-state index < -0.39 is 0 Å². The molecule has 0 aliphatic carbocycles. The molecule has 106 valence electrons. The monoisotopic (exact) mass is 261 g/mol. The zero-order chi connectivity index (χ0) is 13.9. The van der Waals surface area contributed by atoms with E-state index >= 15 is 0 Å². The molecule has 1 aromatic rings. The number of nitrogens with zero attached hydrogens (tertiary/aromatic N) is 2. The van der Waals surface area contributed by atoms with Gasteiger partial charge in [-0.1, -0.05) is 13.8 Å². The second kappa shape index (κ2) is 5.91. The predicted octanol–water partition coefficient (Wildman–Crippen LogP) is 3.21. The first-order valence-corrected chi connectivity index (χ1v) is 7.42. The standard InChI is InChI=1S/C16H27N3/c1-13(2)10-18-12-14-11-17-8-6-15(14)19-9-5-7-16(19,3)4/h6,8,11,13,18H,5,7,9-10,12H2,1-4H3. The second-order valence-corrected chi connectivity index (χ2v) is 6.60. The van der Waals surface area contributed by atoms with Crippen LogP contribution in [0.5, 0.6) is 0 Å². The minimum Gasteiger partial charge on any atom is -0.366 e. The number of hydrogen-bond acceptors (Lipinski definition) is 3. The molecule has 3 nitrogen and oxygen atoms in total. The minimum absolute atomic E-state index is 0.272. The summed E-state index contributed by atoms with van der Waals surface area (Å²) < 4.78 is 0. The summed E-state index contributed by atoms with van der Waals surface area (Å²) in [6.07, 6.45) is 6.48. The predicted molar refractivity (Wildman–Crippen MR) is 81.4 cm³/mol. The zero-order valence-corrected chi connectivity index (χ0v) is 12.7. The Morgan fingerprint density at radius 1 is 1.42 bits per heavy atom. The summed E-state index contributed by atoms with van der Waals surface area (Å²) in [5.74, 6) is 0.684. The Morgan fingerprint density at radius 2 is 2.21 bits per heavy atom. The summed E-state index contributed by atoms with van der Waals surface area (Å²) in [5.41, 5.74) is 2.95. The van der Waals surface area contributed by atoms with Crippen LogP contribution in [-0.4, -0.2) is 23.6 Å². The van der Waals surface area contributed by atoms with Crippen LogP contribution in [0.15, 0.2) is 18.5 Å². The Balaban J connectivity index is 2.12. The summed E-state index contributed by atoms with van der Waals surface area (Å²) in [4.78, 5) is 6.84. The molecule has 0 unspecified atom stereocenters. The molecule has 19 heavy (non-hydrogen) atoms. The highest BCUT2D eigenvalue weighted by Gasteiger charge is 2.32. The van der Waals surface area contributed by atoms with E-state index in [1.807, 2.05) is 12.4 Å². The van der Waals surface area contributed by atoms with Gasteiger partial charge in [-0.3, -0.25) is 4.98 Å². The average molecular weight is 261 g/mol. The number of aromatic nitrogens is 1. The average Bonchev–Trinajstić information content (AvgIpc) is 2.69. The fourth-order valence-corrected chi connectivity index (χ4v) is 2.87. The van der Waals surface area contributed by atoms with Crippen LogP contribution in [0.2, 0.25) is 0 Å². The van der Waals surface area contributed by atoms with Crippen molar-refractivity contribution in [2.45, 2.75) is 52.6 Å². The van der Waals surface area contributed by atoms with Gasteiger partial charge < -0.3 is 10.2 Å². The van der Waals surface area contributed by atoms with Gasteiger partial charge in [0.25, 0.3) is 0 Å². The number of hydrogen-bond donors (Lipinski definition) is 1. The van der Waals surface area contributed by atoms with Gasteiger partial charge in [0.15, 0.2) is 0 Å². The third-order valence-corrected chi connectivity index (χ3v) is 3.94. The highest BCUT2D eigenvalue weighted by molar-refractivity contribution is 5.55. The van der Waals surface area contributed by atoms with Gasteiger partial charge in [-0.15, -0.1) is 0 Å². The minimum atomic E-state index is 0.272. The Hall–Kier alpha value is -1.09. The van der Waals surface area contributed by atoms with E-state index in [4.69, 9.17) is 0 Å². The molecule has 0 radical (unpaired) electrons. The summed E-state index contributed by atoms with van der Waals surface area (Å²) in [6, 6.07) is 2.17. The summed E-state index contributed by atoms with van der Waals surface area (Å²) in [6.45, 7) is 12.3. The van der Waals surface area contributed by atoms with Crippen molar-refractivity contribution in [1.82, 2.24) is 10.3 Å². The molecule has 1 fully saturated rings. The fraction of sp³-hybridized carbons (Fsp3) is 0.688. The molecule has 0 saturated carbocycles. The van der Waals surface area contributed by atoms with Crippen molar-refractivity contribution in [2.24, 2.45) is 5.92 Å². The van der Waals surface area contributed by atoms with Crippen molar-refractivity contribution in [3.63, 3.8) is 0 Å². The van der Waals surface area contributed by atoms with E-state index in [2.05, 4.69) is 49.0 Å². The molecule has 0 amide bonds. The van der Waals surface area contributed by atoms with E-state index in [1.54, 1.807) is 0 Å². The topological polar surface area (TPSA) is 28.2 Å². The number of anilines is 1. The lowest BCUT2D eigenvalue weighted by Gasteiger charge is -2.35. The molecular formula is C16H27N3. The van der Waals surface area contributed by atoms with Crippen molar-refractivity contribution in [1.29, 1.82) is 0 Å². The van der Waals surface area contributed by atoms with Crippen molar-refractivity contribution in [2.75, 3.05) is 18.0 Å². The van der Waals surface area contributed by atoms with Crippen LogP contribution in [0.3, 0.4) is 0 Å². The van der Waals surface area contributed by atoms with Gasteiger partial charge in [-0.2, -0.15) is 0 Å². The molecule has 0 spiro atoms. The van der Waals surface area contributed by atoms with Crippen LogP contribution < -0.4 is 10.2 Å². The molecule has 0 atom stereocenters. The number of pyridine rings is 1. The maximum atomic E-state index is 4.30. The van der Waals surface area contributed by atoms with E-state index in [0.29, 0.717) is 5.92 Å². The smallest absolute Gasteiger partial charge is 0.0447 e. The van der Waals surface area contributed by atoms with Gasteiger partial charge in [0, 0.05) is 42.3 Å². The lowest BCUT2D eigenvalue weighted by molar-refractivity contribution is 0.513. The maximum Gasteiger partial charge on any atom is 0.0447 e. The first-order chi connectivity index (χ1) is 9.00. The van der Waals surface area contributed by atoms with Gasteiger partial charge in [-0.05, 0) is 45.2 Å². The van der Waals surface area contributed by atoms with Gasteiger partial charge in [-0.25, -0.2) is 0 Å². The fourth-order valence-electron chi connectivity index (χ4n) is 2.87. The summed E-state index contributed by atoms with van der Waals surface area (Å²) >= 11 is 0. The van der Waals surface area contributed by atoms with Crippen molar-refractivity contribution in [3.8, 4) is 0 Å². The van der Waals surface area contributed by atoms with Crippen LogP contribution >= 0.6 is 0 Å². The van der Waals surface area contributed by atoms with Crippen LogP contribution in [0, 0.1) is 5.92 Å². The highest BCUT2D eigenvalue weighted by Crippen LogP contribution is 2.35. The van der Waals surface area contributed by atoms with Gasteiger partial charge in [0.2, 0.25) is 0 Å². The molecule has 2 rings (SSSR count). The van der Waals surface area contributed by atoms with E-state index in [9.17, 15) is 0 Å². The van der Waals surface area contributed by atoms with E-state index in [-0.39, 0.29) is 5.54 Å². The van der Waals surface area contributed by atoms with Gasteiger partial charge in [0.05, 0.1) is 0 Å². The SMILES string of the molecule is CC(C)CNCc1cnccc1N1CCCC1(C)C. The first kappa shape index (κ1) is 14.3. The lowest BCUT2D eigenvalue weighted by atomic mass is 10.0. The Bertz CT molecular complexity index is 412. The van der Waals surface area contributed by atoms with Gasteiger partial charge >= 0.3 is 0 Å². The highest BCUT2D eigenvalue weighted by atomic mass is 15.2. The molecule has 1 N–H and O–H groups in total. The van der Waals surface area contributed by atoms with E-state index in [1.165, 1.54) is 24.1 Å². The molecule has 2 heterocycles. The molecule has 1 aromatic heterocycles. The van der Waals surface area contributed by atoms with Crippen LogP contribution in [0.4, 0.5) is 5.69 Å². The summed E-state index contributed by atoms with van der Waals surface area (Å²) in [5, 5.41) is 3.53. The lowest BCUT2D eigenvalue weighted by Crippen LogP contribution is -2.39. The Kier molecular flexibility index (Phi) is 4.46. The molecule has 3 heteroatoms. The van der Waals surface area contributed by atoms with Crippen molar-refractivity contribution >= 4 is 5.69 Å². The second-order valence-electron chi connectivity index (χ2n) is 6.60. The number of nitrogens with one attached hydrogen (secondary N) is 1. The molecule has 1 aliphatic heterocycles. The Morgan fingerprint density at radius 3 is 2.84 bits per heavy atom. The third kappa shape index (κ3) is 3.47. The van der Waals surface area contributed by atoms with Gasteiger partial charge in [0.1, 0.15) is 0 Å². The molecule has 1 saturated heterocycles. The maximum absolute atomic E-state index is 4.30. The van der Waals surface area contributed by atoms with Crippen molar-refractivity contribution < 1.29 is 0 Å². The quantitative estimate of drug-likeness (QED) is 0.882. The largest absolute Gasteiger partial charge is 0.366 e. The molecular weight excluding hydrogens is 234 g/mol. The van der Waals surface area contributed by atoms with Crippen molar-refractivity contribution in [3.05, 3.63) is 24.0 Å². The van der Waals surface area contributed by atoms with Crippen LogP contribution in [-0.2, 0) is 6.54 Å². The third-order valence-electron chi connectivity index (χ3n) is 3.94. The number of rotatable bonds is 5. The normalized spacial score (nSPS) is 18.3. The van der Waals surface area contributed by atoms with Crippen LogP contribution in [0.1, 0.15) is 46.1 Å². The molecule has 0 aromatic carbocycles. The first-order valence-electron chi connectivity index (χ1n) is 7.42. The molecule has 0 bridgehead atoms. The van der Waals surface area contributed by atoms with Crippen LogP contribution in [0.25, 0.3) is 0 Å². The molecule has 1 aliphatic rings. The Labute approximate surface area is 117 Å². The zero-order valence-electron chi connectivity index (χ0n) is 12.7. The van der Waals surface area contributed by atoms with E-state index in [0.717, 1.165) is 19.6 Å². The summed E-state index contributed by atoms with van der Waals surface area (Å²) in [7, 11) is 0.